The summed E-state index contributed by atoms with van der Waals surface area (Å²) in [4.78, 5) is 3.94. The van der Waals surface area contributed by atoms with Gasteiger partial charge in [0.1, 0.15) is 17.5 Å². The minimum atomic E-state index is -0.501. The minimum Gasteiger partial charge on any atom is -0.449 e. The van der Waals surface area contributed by atoms with Crippen LogP contribution in [-0.4, -0.2) is 5.54 Å². The Morgan fingerprint density at radius 1 is 1.06 bits per heavy atom. The van der Waals surface area contributed by atoms with Crippen molar-refractivity contribution in [2.45, 2.75) is 66.8 Å². The molecule has 2 aromatic carbocycles. The molecule has 0 saturated carbocycles. The van der Waals surface area contributed by atoms with Crippen LogP contribution in [0.25, 0.3) is 37.1 Å². The monoisotopic (exact) mass is 469 g/mol. The van der Waals surface area contributed by atoms with Crippen molar-refractivity contribution in [2.75, 3.05) is 0 Å². The maximum absolute atomic E-state index is 7.77. The van der Waals surface area contributed by atoms with Crippen LogP contribution < -0.4 is 9.30 Å². The molecule has 0 atom stereocenters. The van der Waals surface area contributed by atoms with Gasteiger partial charge in [-0.25, -0.2) is 6.57 Å². The zero-order valence-electron chi connectivity index (χ0n) is 21.5. The van der Waals surface area contributed by atoms with Gasteiger partial charge >= 0.3 is 0 Å². The third-order valence-corrected chi connectivity index (χ3v) is 7.94. The average molecular weight is 470 g/mol. The van der Waals surface area contributed by atoms with Crippen LogP contribution in [0.5, 0.6) is 11.5 Å². The first-order valence-electron chi connectivity index (χ1n) is 12.0. The zero-order valence-corrected chi connectivity index (χ0v) is 22.3. The second kappa shape index (κ2) is 7.55. The molecule has 174 valence electrons. The van der Waals surface area contributed by atoms with Crippen LogP contribution in [0.4, 0.5) is 0 Å². The van der Waals surface area contributed by atoms with E-state index in [2.05, 4.69) is 80.7 Å². The zero-order chi connectivity index (χ0) is 24.6. The van der Waals surface area contributed by atoms with E-state index >= 15 is 0 Å². The molecule has 4 heteroatoms. The molecule has 1 aliphatic heterocycles. The summed E-state index contributed by atoms with van der Waals surface area (Å²) in [6, 6.07) is 9.10. The molecule has 0 unspecified atom stereocenters. The quantitative estimate of drug-likeness (QED) is 0.193. The molecule has 0 radical (unpaired) electrons. The number of pyridine rings is 1. The van der Waals surface area contributed by atoms with Gasteiger partial charge in [0.25, 0.3) is 5.69 Å². The summed E-state index contributed by atoms with van der Waals surface area (Å²) < 4.78 is 10.4. The van der Waals surface area contributed by atoms with Gasteiger partial charge in [0.2, 0.25) is 16.8 Å². The lowest BCUT2D eigenvalue weighted by molar-refractivity contribution is -0.633. The van der Waals surface area contributed by atoms with Crippen LogP contribution in [0.15, 0.2) is 29.6 Å². The van der Waals surface area contributed by atoms with Gasteiger partial charge in [0.15, 0.2) is 0 Å². The number of hydrogen-bond acceptors (Lipinski definition) is 2. The van der Waals surface area contributed by atoms with E-state index in [1.807, 2.05) is 13.8 Å². The molecule has 0 N–H and O–H groups in total. The fourth-order valence-electron chi connectivity index (χ4n) is 5.34. The van der Waals surface area contributed by atoms with Gasteiger partial charge in [-0.3, -0.25) is 0 Å². The number of hydrogen-bond donors (Lipinski definition) is 0. The van der Waals surface area contributed by atoms with E-state index in [0.717, 1.165) is 29.2 Å². The predicted octanol–water partition coefficient (Wildman–Crippen LogP) is 8.10. The van der Waals surface area contributed by atoms with Crippen LogP contribution >= 0.6 is 11.3 Å². The highest BCUT2D eigenvalue weighted by atomic mass is 32.1. The molecule has 0 spiro atoms. The lowest BCUT2D eigenvalue weighted by Crippen LogP contribution is -2.34. The summed E-state index contributed by atoms with van der Waals surface area (Å²) >= 11 is 1.74. The number of fused-ring (bicyclic) bond motifs is 3. The SMILES string of the molecule is [C-]#[N+]C(C)(C)Cc1c2c([n+](C)c3ccsc13)-c1c(C)c(C)cc3cc(CC(C)(C)C)cc(c13)O2. The van der Waals surface area contributed by atoms with Crippen molar-refractivity contribution in [2.24, 2.45) is 12.5 Å². The highest BCUT2D eigenvalue weighted by molar-refractivity contribution is 7.17. The van der Waals surface area contributed by atoms with Crippen molar-refractivity contribution in [3.63, 3.8) is 0 Å². The van der Waals surface area contributed by atoms with Gasteiger partial charge in [0.05, 0.1) is 12.0 Å². The number of thiophene rings is 1. The number of benzene rings is 2. The molecule has 0 fully saturated rings. The number of aromatic nitrogens is 1. The second-order valence-electron chi connectivity index (χ2n) is 11.7. The Morgan fingerprint density at radius 3 is 2.47 bits per heavy atom. The first-order chi connectivity index (χ1) is 15.9. The molecule has 0 amide bonds. The molecular formula is C30H33N2OS+. The van der Waals surface area contributed by atoms with E-state index in [4.69, 9.17) is 11.3 Å². The van der Waals surface area contributed by atoms with E-state index in [1.54, 1.807) is 11.3 Å². The lowest BCUT2D eigenvalue weighted by Gasteiger charge is -2.26. The van der Waals surface area contributed by atoms with Crippen LogP contribution in [0.3, 0.4) is 0 Å². The van der Waals surface area contributed by atoms with Crippen LogP contribution in [-0.2, 0) is 19.9 Å². The van der Waals surface area contributed by atoms with Gasteiger partial charge in [-0.05, 0) is 59.2 Å². The fourth-order valence-corrected chi connectivity index (χ4v) is 6.31. The lowest BCUT2D eigenvalue weighted by atomic mass is 9.84. The fraction of sp³-hybridized carbons (Fsp3) is 0.400. The Balaban J connectivity index is 1.90. The summed E-state index contributed by atoms with van der Waals surface area (Å²) in [6.07, 6.45) is 1.64. The van der Waals surface area contributed by atoms with Crippen molar-refractivity contribution < 1.29 is 9.30 Å². The Labute approximate surface area is 206 Å². The molecule has 0 aliphatic carbocycles. The summed E-state index contributed by atoms with van der Waals surface area (Å²) in [5.41, 5.74) is 8.33. The maximum atomic E-state index is 7.77. The van der Waals surface area contributed by atoms with Crippen LogP contribution in [0.1, 0.15) is 56.9 Å². The summed E-state index contributed by atoms with van der Waals surface area (Å²) in [6.45, 7) is 23.1. The number of ether oxygens (including phenoxy) is 1. The smallest absolute Gasteiger partial charge is 0.257 e. The number of aryl methyl sites for hydroxylation is 2. The van der Waals surface area contributed by atoms with E-state index in [9.17, 15) is 0 Å². The predicted molar refractivity (Wildman–Crippen MR) is 143 cm³/mol. The minimum absolute atomic E-state index is 0.190. The number of rotatable bonds is 3. The molecule has 5 rings (SSSR count). The van der Waals surface area contributed by atoms with Crippen molar-refractivity contribution >= 4 is 32.3 Å². The topological polar surface area (TPSA) is 17.5 Å². The van der Waals surface area contributed by atoms with Crippen LogP contribution in [0.2, 0.25) is 0 Å². The average Bonchev–Trinajstić information content (AvgIpc) is 3.23. The summed E-state index contributed by atoms with van der Waals surface area (Å²) in [5.74, 6) is 1.87. The third-order valence-electron chi connectivity index (χ3n) is 6.98. The first-order valence-corrected chi connectivity index (χ1v) is 12.8. The Morgan fingerprint density at radius 2 is 1.79 bits per heavy atom. The largest absolute Gasteiger partial charge is 0.449 e. The van der Waals surface area contributed by atoms with Gasteiger partial charge in [0, 0.05) is 30.9 Å². The molecule has 3 heterocycles. The first kappa shape index (κ1) is 22.9. The van der Waals surface area contributed by atoms with Gasteiger partial charge in [-0.2, -0.15) is 4.57 Å². The molecule has 3 nitrogen and oxygen atoms in total. The highest BCUT2D eigenvalue weighted by Gasteiger charge is 2.38. The van der Waals surface area contributed by atoms with Crippen molar-refractivity contribution in [1.29, 1.82) is 0 Å². The summed E-state index contributed by atoms with van der Waals surface area (Å²) in [5, 5.41) is 4.60. The Hall–Kier alpha value is -2.90. The van der Waals surface area contributed by atoms with E-state index < -0.39 is 5.54 Å². The van der Waals surface area contributed by atoms with E-state index in [1.165, 1.54) is 43.2 Å². The van der Waals surface area contributed by atoms with Crippen LogP contribution in [0, 0.1) is 25.8 Å². The third kappa shape index (κ3) is 3.58. The molecule has 4 aromatic rings. The van der Waals surface area contributed by atoms with Crippen molar-refractivity contribution in [1.82, 2.24) is 0 Å². The molecule has 0 saturated heterocycles. The molecule has 0 bridgehead atoms. The highest BCUT2D eigenvalue weighted by Crippen LogP contribution is 2.51. The Bertz CT molecular complexity index is 1530. The van der Waals surface area contributed by atoms with Gasteiger partial charge in [-0.1, -0.05) is 32.9 Å². The molecule has 1 aliphatic rings. The van der Waals surface area contributed by atoms with Gasteiger partial charge < -0.3 is 9.58 Å². The second-order valence-corrected chi connectivity index (χ2v) is 12.6. The number of nitrogens with zero attached hydrogens (tertiary/aromatic N) is 2. The Kier molecular flexibility index (Phi) is 5.08. The maximum Gasteiger partial charge on any atom is 0.257 e. The molecular weight excluding hydrogens is 436 g/mol. The summed E-state index contributed by atoms with van der Waals surface area (Å²) in [7, 11) is 2.15. The van der Waals surface area contributed by atoms with E-state index in [0.29, 0.717) is 6.42 Å². The van der Waals surface area contributed by atoms with Crippen molar-refractivity contribution in [3.05, 3.63) is 63.3 Å². The normalized spacial score (nSPS) is 13.1. The van der Waals surface area contributed by atoms with E-state index in [-0.39, 0.29) is 5.41 Å². The molecule has 2 aromatic heterocycles. The van der Waals surface area contributed by atoms with Gasteiger partial charge in [-0.15, -0.1) is 11.3 Å². The van der Waals surface area contributed by atoms with Crippen molar-refractivity contribution in [3.8, 4) is 22.8 Å². The standard InChI is InChI=1S/C30H33N2OS/c1-17-12-20-13-19(15-29(3,4)5)14-23-25(20)24(18(17)2)26-27(33-23)21(16-30(6,7)31-8)28-22(32(26)9)10-11-34-28/h10-14H,15-16H2,1-7,9H3/q+1. The molecule has 34 heavy (non-hydrogen) atoms.